The van der Waals surface area contributed by atoms with Crippen LogP contribution in [0.25, 0.3) is 39.0 Å². The van der Waals surface area contributed by atoms with Gasteiger partial charge in [-0.2, -0.15) is 5.10 Å². The minimum Gasteiger partial charge on any atom is -0.496 e. The fourth-order valence-corrected chi connectivity index (χ4v) is 8.04. The first-order valence-corrected chi connectivity index (χ1v) is 17.1. The lowest BCUT2D eigenvalue weighted by Crippen LogP contribution is -2.56. The highest BCUT2D eigenvalue weighted by atomic mass is 35.5. The lowest BCUT2D eigenvalue weighted by atomic mass is 9.79. The summed E-state index contributed by atoms with van der Waals surface area (Å²) in [6.45, 7) is 5.08. The van der Waals surface area contributed by atoms with E-state index in [2.05, 4.69) is 27.2 Å². The van der Waals surface area contributed by atoms with E-state index >= 15 is 0 Å². The molecule has 0 atom stereocenters. The molecule has 12 heteroatoms. The van der Waals surface area contributed by atoms with Crippen LogP contribution in [0.3, 0.4) is 0 Å². The third-order valence-electron chi connectivity index (χ3n) is 10.2. The third kappa shape index (κ3) is 5.73. The number of nitrogens with zero attached hydrogens (tertiary/aromatic N) is 5. The van der Waals surface area contributed by atoms with E-state index in [0.29, 0.717) is 55.0 Å². The second-order valence-corrected chi connectivity index (χ2v) is 14.0. The number of ether oxygens (including phenoxy) is 3. The number of aromatic nitrogens is 3. The maximum atomic E-state index is 11.8. The van der Waals surface area contributed by atoms with Crippen LogP contribution in [0.15, 0.2) is 66.9 Å². The van der Waals surface area contributed by atoms with Crippen molar-refractivity contribution in [1.82, 2.24) is 29.9 Å². The van der Waals surface area contributed by atoms with Crippen molar-refractivity contribution < 1.29 is 24.1 Å². The first-order valence-electron chi connectivity index (χ1n) is 16.7. The van der Waals surface area contributed by atoms with Crippen LogP contribution in [0.5, 0.6) is 17.4 Å². The second kappa shape index (κ2) is 12.9. The van der Waals surface area contributed by atoms with Gasteiger partial charge in [0, 0.05) is 91.9 Å². The number of methoxy groups -OCH3 is 3. The van der Waals surface area contributed by atoms with Gasteiger partial charge < -0.3 is 24.6 Å². The first-order chi connectivity index (χ1) is 24.3. The van der Waals surface area contributed by atoms with Crippen molar-refractivity contribution in [1.29, 1.82) is 0 Å². The Bertz CT molecular complexity index is 2080. The summed E-state index contributed by atoms with van der Waals surface area (Å²) in [5.74, 6) is 2.10. The molecule has 0 saturated carbocycles. The van der Waals surface area contributed by atoms with Crippen molar-refractivity contribution in [2.45, 2.75) is 25.6 Å². The molecule has 2 N–H and O–H groups in total. The Labute approximate surface area is 295 Å². The van der Waals surface area contributed by atoms with E-state index < -0.39 is 0 Å². The Morgan fingerprint density at radius 1 is 0.920 bits per heavy atom. The molecule has 5 aromatic rings. The van der Waals surface area contributed by atoms with Crippen molar-refractivity contribution in [2.75, 3.05) is 54.1 Å². The molecule has 11 nitrogen and oxygen atoms in total. The molecule has 0 aliphatic carbocycles. The number of pyridine rings is 1. The van der Waals surface area contributed by atoms with Gasteiger partial charge in [-0.05, 0) is 17.7 Å². The molecule has 5 heterocycles. The van der Waals surface area contributed by atoms with Crippen LogP contribution in [-0.2, 0) is 17.9 Å². The van der Waals surface area contributed by atoms with E-state index in [9.17, 15) is 9.90 Å². The summed E-state index contributed by atoms with van der Waals surface area (Å²) in [4.78, 5) is 21.1. The number of halogens is 1. The number of likely N-dealkylation sites (tertiary alicyclic amines) is 2. The Morgan fingerprint density at radius 3 is 2.32 bits per heavy atom. The number of hydrogen-bond donors (Lipinski definition) is 2. The molecule has 3 aliphatic rings. The Kier molecular flexibility index (Phi) is 8.39. The molecule has 3 aliphatic heterocycles. The van der Waals surface area contributed by atoms with Crippen molar-refractivity contribution >= 4 is 28.4 Å². The molecule has 3 aromatic carbocycles. The molecule has 50 heavy (non-hydrogen) atoms. The zero-order valence-electron chi connectivity index (χ0n) is 28.3. The molecule has 3 saturated heterocycles. The second-order valence-electron chi connectivity index (χ2n) is 13.6. The van der Waals surface area contributed by atoms with Crippen LogP contribution in [0.2, 0.25) is 5.02 Å². The van der Waals surface area contributed by atoms with Gasteiger partial charge in [0.1, 0.15) is 11.5 Å². The van der Waals surface area contributed by atoms with E-state index in [-0.39, 0.29) is 17.4 Å². The lowest BCUT2D eigenvalue weighted by Gasteiger charge is -2.47. The highest BCUT2D eigenvalue weighted by molar-refractivity contribution is 6.36. The summed E-state index contributed by atoms with van der Waals surface area (Å²) in [7, 11) is 4.94. The summed E-state index contributed by atoms with van der Waals surface area (Å²) < 4.78 is 19.3. The standard InChI is InChI=1S/C38H39ClN6O5/c1-48-33-12-24(13-34(49-2)30(33)19-43-17-25(46)18-43)45-32-9-5-6-26(29(32)15-41-45)27-7-4-8-28(36(27)39)31-11-10-23(37(42-31)50-3)16-44-21-38(22-44)14-35(47)40-20-38/h4-13,15,25,46H,14,16-22H2,1-3H3,(H,40,47). The number of β-amino-alcohol motifs (C(OH)–C–C–N with tert-alkyl or cyclic N) is 1. The molecular weight excluding hydrogens is 656 g/mol. The van der Waals surface area contributed by atoms with Crippen LogP contribution in [0.1, 0.15) is 17.5 Å². The van der Waals surface area contributed by atoms with Crippen LogP contribution >= 0.6 is 11.6 Å². The normalized spacial score (nSPS) is 17.5. The first kappa shape index (κ1) is 32.5. The topological polar surface area (TPSA) is 114 Å². The van der Waals surface area contributed by atoms with Gasteiger partial charge in [0.25, 0.3) is 0 Å². The fraction of sp³-hybridized carbons (Fsp3) is 0.342. The predicted molar refractivity (Wildman–Crippen MR) is 191 cm³/mol. The average Bonchev–Trinajstić information content (AvgIpc) is 3.72. The number of benzene rings is 3. The van der Waals surface area contributed by atoms with Gasteiger partial charge in [0.15, 0.2) is 0 Å². The third-order valence-corrected chi connectivity index (χ3v) is 10.6. The largest absolute Gasteiger partial charge is 0.496 e. The van der Waals surface area contributed by atoms with Gasteiger partial charge in [0.05, 0.1) is 61.1 Å². The van der Waals surface area contributed by atoms with Gasteiger partial charge in [-0.15, -0.1) is 0 Å². The molecule has 1 spiro atoms. The lowest BCUT2D eigenvalue weighted by molar-refractivity contribution is -0.120. The molecule has 3 fully saturated rings. The number of carbonyl (C=O) groups excluding carboxylic acids is 1. The number of rotatable bonds is 10. The van der Waals surface area contributed by atoms with Crippen molar-refractivity contribution in [3.63, 3.8) is 0 Å². The van der Waals surface area contributed by atoms with Crippen LogP contribution in [0, 0.1) is 5.41 Å². The van der Waals surface area contributed by atoms with Crippen LogP contribution in [0.4, 0.5) is 0 Å². The van der Waals surface area contributed by atoms with Gasteiger partial charge in [-0.25, -0.2) is 9.67 Å². The van der Waals surface area contributed by atoms with Crippen molar-refractivity contribution in [3.05, 3.63) is 83.0 Å². The number of amides is 1. The van der Waals surface area contributed by atoms with Crippen molar-refractivity contribution in [2.24, 2.45) is 5.41 Å². The monoisotopic (exact) mass is 694 g/mol. The maximum absolute atomic E-state index is 11.8. The fourth-order valence-electron chi connectivity index (χ4n) is 7.72. The molecule has 8 rings (SSSR count). The SMILES string of the molecule is COc1cc(-n2ncc3c(-c4cccc(-c5ccc(CN6CC7(CNC(=O)C7)C6)c(OC)n5)c4Cl)cccc32)cc(OC)c1CN1CC(O)C1. The number of nitrogens with one attached hydrogen (secondary N) is 1. The average molecular weight is 695 g/mol. The summed E-state index contributed by atoms with van der Waals surface area (Å²) in [5.41, 5.74) is 7.03. The molecule has 0 radical (unpaired) electrons. The van der Waals surface area contributed by atoms with Gasteiger partial charge in [-0.1, -0.05) is 48.0 Å². The van der Waals surface area contributed by atoms with Crippen LogP contribution in [-0.4, -0.2) is 95.7 Å². The number of hydrogen-bond acceptors (Lipinski definition) is 9. The van der Waals surface area contributed by atoms with Gasteiger partial charge in [-0.3, -0.25) is 14.6 Å². The van der Waals surface area contributed by atoms with Gasteiger partial charge in [0.2, 0.25) is 11.8 Å². The molecule has 0 bridgehead atoms. The Balaban J connectivity index is 1.09. The molecule has 0 unspecified atom stereocenters. The molecule has 258 valence electrons. The highest BCUT2D eigenvalue weighted by Gasteiger charge is 2.48. The zero-order chi connectivity index (χ0) is 34.6. The van der Waals surface area contributed by atoms with E-state index in [1.54, 1.807) is 21.3 Å². The minimum atomic E-state index is -0.289. The van der Waals surface area contributed by atoms with E-state index in [1.807, 2.05) is 59.4 Å². The number of fused-ring (bicyclic) bond motifs is 1. The highest BCUT2D eigenvalue weighted by Crippen LogP contribution is 2.42. The summed E-state index contributed by atoms with van der Waals surface area (Å²) in [6, 6.07) is 20.0. The predicted octanol–water partition coefficient (Wildman–Crippen LogP) is 4.93. The van der Waals surface area contributed by atoms with Crippen molar-refractivity contribution in [3.8, 4) is 45.5 Å². The Morgan fingerprint density at radius 2 is 1.64 bits per heavy atom. The summed E-state index contributed by atoms with van der Waals surface area (Å²) in [6.07, 6.45) is 2.17. The van der Waals surface area contributed by atoms with Crippen LogP contribution < -0.4 is 19.5 Å². The smallest absolute Gasteiger partial charge is 0.220 e. The summed E-state index contributed by atoms with van der Waals surface area (Å²) >= 11 is 7.20. The molecule has 2 aromatic heterocycles. The van der Waals surface area contributed by atoms with E-state index in [1.165, 1.54) is 0 Å². The minimum absolute atomic E-state index is 0.0644. The zero-order valence-corrected chi connectivity index (χ0v) is 29.0. The number of carbonyl (C=O) groups is 1. The van der Waals surface area contributed by atoms with Gasteiger partial charge >= 0.3 is 0 Å². The molecule has 1 amide bonds. The molecular formula is C38H39ClN6O5. The number of aliphatic hydroxyl groups excluding tert-OH is 1. The summed E-state index contributed by atoms with van der Waals surface area (Å²) in [5, 5.41) is 19.1. The maximum Gasteiger partial charge on any atom is 0.220 e. The van der Waals surface area contributed by atoms with E-state index in [4.69, 9.17) is 35.9 Å². The van der Waals surface area contributed by atoms with E-state index in [0.717, 1.165) is 69.7 Å². The quantitative estimate of drug-likeness (QED) is 0.210. The Hall–Kier alpha value is -4.68. The number of aliphatic hydroxyl groups is 1.